The fourth-order valence-corrected chi connectivity index (χ4v) is 2.73. The van der Waals surface area contributed by atoms with E-state index < -0.39 is 0 Å². The molecule has 18 heavy (non-hydrogen) atoms. The van der Waals surface area contributed by atoms with Gasteiger partial charge in [-0.1, -0.05) is 24.6 Å². The molecule has 2 rings (SSSR count). The summed E-state index contributed by atoms with van der Waals surface area (Å²) in [7, 11) is 1.79. The van der Waals surface area contributed by atoms with E-state index in [4.69, 9.17) is 22.1 Å². The summed E-state index contributed by atoms with van der Waals surface area (Å²) in [6, 6.07) is 6.11. The smallest absolute Gasteiger partial charge is 0.0772 e. The van der Waals surface area contributed by atoms with Gasteiger partial charge in [0.1, 0.15) is 0 Å². The quantitative estimate of drug-likeness (QED) is 0.916. The van der Waals surface area contributed by atoms with Crippen LogP contribution in [-0.4, -0.2) is 26.3 Å². The zero-order chi connectivity index (χ0) is 13.1. The van der Waals surface area contributed by atoms with Crippen LogP contribution in [0.5, 0.6) is 0 Å². The number of nitrogens with zero attached hydrogens (tertiary/aromatic N) is 1. The maximum atomic E-state index is 6.21. The lowest BCUT2D eigenvalue weighted by Crippen LogP contribution is -2.43. The van der Waals surface area contributed by atoms with E-state index in [0.717, 1.165) is 35.8 Å². The Bertz CT molecular complexity index is 411. The van der Waals surface area contributed by atoms with Gasteiger partial charge in [0.25, 0.3) is 0 Å². The zero-order valence-electron chi connectivity index (χ0n) is 11.0. The molecule has 0 spiro atoms. The molecule has 1 heterocycles. The van der Waals surface area contributed by atoms with Gasteiger partial charge in [-0.15, -0.1) is 0 Å². The zero-order valence-corrected chi connectivity index (χ0v) is 11.8. The Kier molecular flexibility index (Phi) is 4.49. The van der Waals surface area contributed by atoms with Crippen LogP contribution in [0.25, 0.3) is 0 Å². The average Bonchev–Trinajstić information content (AvgIpc) is 2.39. The molecular weight excluding hydrogens is 248 g/mol. The SMILES string of the molecule is COC1CN(c2ccc(CN)c(Cl)c2)CCC1C. The third-order valence-corrected chi connectivity index (χ3v) is 4.17. The lowest BCUT2D eigenvalue weighted by Gasteiger charge is -2.37. The number of hydrogen-bond donors (Lipinski definition) is 1. The van der Waals surface area contributed by atoms with Crippen molar-refractivity contribution in [2.75, 3.05) is 25.1 Å². The Morgan fingerprint density at radius 1 is 1.50 bits per heavy atom. The molecule has 2 N–H and O–H groups in total. The van der Waals surface area contributed by atoms with Gasteiger partial charge >= 0.3 is 0 Å². The number of rotatable bonds is 3. The van der Waals surface area contributed by atoms with Gasteiger partial charge in [-0.2, -0.15) is 0 Å². The molecule has 100 valence electrons. The summed E-state index contributed by atoms with van der Waals surface area (Å²) in [4.78, 5) is 2.33. The van der Waals surface area contributed by atoms with E-state index in [-0.39, 0.29) is 0 Å². The molecule has 0 aromatic heterocycles. The fraction of sp³-hybridized carbons (Fsp3) is 0.571. The van der Waals surface area contributed by atoms with Gasteiger partial charge in [-0.3, -0.25) is 0 Å². The Labute approximate surface area is 114 Å². The van der Waals surface area contributed by atoms with Crippen LogP contribution >= 0.6 is 11.6 Å². The summed E-state index contributed by atoms with van der Waals surface area (Å²) >= 11 is 6.21. The Balaban J connectivity index is 2.14. The van der Waals surface area contributed by atoms with Crippen LogP contribution in [0.3, 0.4) is 0 Å². The van der Waals surface area contributed by atoms with Crippen molar-refractivity contribution < 1.29 is 4.74 Å². The average molecular weight is 269 g/mol. The maximum Gasteiger partial charge on any atom is 0.0772 e. The number of piperidine rings is 1. The minimum atomic E-state index is 0.298. The van der Waals surface area contributed by atoms with Gasteiger partial charge in [-0.05, 0) is 30.0 Å². The van der Waals surface area contributed by atoms with E-state index in [9.17, 15) is 0 Å². The van der Waals surface area contributed by atoms with Gasteiger partial charge in [0.2, 0.25) is 0 Å². The maximum absolute atomic E-state index is 6.21. The van der Waals surface area contributed by atoms with E-state index in [0.29, 0.717) is 18.6 Å². The topological polar surface area (TPSA) is 38.5 Å². The molecule has 0 aliphatic carbocycles. The van der Waals surface area contributed by atoms with Crippen molar-refractivity contribution in [2.45, 2.75) is 26.0 Å². The normalized spacial score (nSPS) is 24.3. The van der Waals surface area contributed by atoms with E-state index >= 15 is 0 Å². The molecule has 1 aromatic carbocycles. The van der Waals surface area contributed by atoms with Gasteiger partial charge in [0.05, 0.1) is 6.10 Å². The monoisotopic (exact) mass is 268 g/mol. The van der Waals surface area contributed by atoms with Crippen molar-refractivity contribution in [3.63, 3.8) is 0 Å². The first-order valence-electron chi connectivity index (χ1n) is 6.42. The van der Waals surface area contributed by atoms with Crippen LogP contribution in [0.4, 0.5) is 5.69 Å². The number of ether oxygens (including phenoxy) is 1. The molecule has 1 aromatic rings. The minimum Gasteiger partial charge on any atom is -0.379 e. The lowest BCUT2D eigenvalue weighted by molar-refractivity contribution is 0.0498. The van der Waals surface area contributed by atoms with Crippen LogP contribution in [0.1, 0.15) is 18.9 Å². The highest BCUT2D eigenvalue weighted by Gasteiger charge is 2.26. The highest BCUT2D eigenvalue weighted by molar-refractivity contribution is 6.31. The van der Waals surface area contributed by atoms with Crippen LogP contribution in [0.2, 0.25) is 5.02 Å². The second-order valence-electron chi connectivity index (χ2n) is 4.97. The Hall–Kier alpha value is -0.770. The number of benzene rings is 1. The number of methoxy groups -OCH3 is 1. The third kappa shape index (κ3) is 2.79. The van der Waals surface area contributed by atoms with Crippen molar-refractivity contribution in [1.82, 2.24) is 0 Å². The third-order valence-electron chi connectivity index (χ3n) is 3.81. The van der Waals surface area contributed by atoms with Crippen LogP contribution in [0.15, 0.2) is 18.2 Å². The lowest BCUT2D eigenvalue weighted by atomic mass is 9.95. The van der Waals surface area contributed by atoms with E-state index in [1.54, 1.807) is 7.11 Å². The number of halogens is 1. The van der Waals surface area contributed by atoms with Crippen molar-refractivity contribution >= 4 is 17.3 Å². The van der Waals surface area contributed by atoms with Gasteiger partial charge in [0, 0.05) is 37.5 Å². The van der Waals surface area contributed by atoms with Crippen LogP contribution in [0, 0.1) is 5.92 Å². The summed E-state index contributed by atoms with van der Waals surface area (Å²) in [5.74, 6) is 0.616. The summed E-state index contributed by atoms with van der Waals surface area (Å²) < 4.78 is 5.54. The molecule has 1 saturated heterocycles. The highest BCUT2D eigenvalue weighted by atomic mass is 35.5. The van der Waals surface area contributed by atoms with Gasteiger partial charge in [-0.25, -0.2) is 0 Å². The highest BCUT2D eigenvalue weighted by Crippen LogP contribution is 2.28. The summed E-state index contributed by atoms with van der Waals surface area (Å²) in [5.41, 5.74) is 7.78. The molecule has 0 bridgehead atoms. The minimum absolute atomic E-state index is 0.298. The van der Waals surface area contributed by atoms with Crippen molar-refractivity contribution in [2.24, 2.45) is 11.7 Å². The molecule has 0 amide bonds. The number of hydrogen-bond acceptors (Lipinski definition) is 3. The van der Waals surface area contributed by atoms with E-state index in [1.807, 2.05) is 12.1 Å². The van der Waals surface area contributed by atoms with Gasteiger partial charge in [0.15, 0.2) is 0 Å². The van der Waals surface area contributed by atoms with Gasteiger partial charge < -0.3 is 15.4 Å². The second-order valence-corrected chi connectivity index (χ2v) is 5.37. The second kappa shape index (κ2) is 5.91. The van der Waals surface area contributed by atoms with Crippen LogP contribution < -0.4 is 10.6 Å². The number of anilines is 1. The molecule has 4 heteroatoms. The van der Waals surface area contributed by atoms with Crippen molar-refractivity contribution in [3.8, 4) is 0 Å². The predicted octanol–water partition coefficient (Wildman–Crippen LogP) is 2.66. The first-order valence-corrected chi connectivity index (χ1v) is 6.79. The van der Waals surface area contributed by atoms with E-state index in [2.05, 4.69) is 17.9 Å². The molecule has 0 radical (unpaired) electrons. The fourth-order valence-electron chi connectivity index (χ4n) is 2.47. The number of nitrogens with two attached hydrogens (primary N) is 1. The first-order chi connectivity index (χ1) is 8.65. The van der Waals surface area contributed by atoms with Crippen molar-refractivity contribution in [1.29, 1.82) is 0 Å². The first kappa shape index (κ1) is 13.7. The van der Waals surface area contributed by atoms with Crippen LogP contribution in [-0.2, 0) is 11.3 Å². The largest absolute Gasteiger partial charge is 0.379 e. The standard InChI is InChI=1S/C14H21ClN2O/c1-10-5-6-17(9-14(10)18-2)12-4-3-11(8-16)13(15)7-12/h3-4,7,10,14H,5-6,8-9,16H2,1-2H3. The predicted molar refractivity (Wildman–Crippen MR) is 76.1 cm³/mol. The van der Waals surface area contributed by atoms with Crippen molar-refractivity contribution in [3.05, 3.63) is 28.8 Å². The summed E-state index contributed by atoms with van der Waals surface area (Å²) in [5, 5.41) is 0.752. The molecule has 3 nitrogen and oxygen atoms in total. The Morgan fingerprint density at radius 2 is 2.28 bits per heavy atom. The Morgan fingerprint density at radius 3 is 2.89 bits per heavy atom. The summed E-state index contributed by atoms with van der Waals surface area (Å²) in [6.07, 6.45) is 1.45. The molecular formula is C14H21ClN2O. The molecule has 1 aliphatic heterocycles. The molecule has 1 aliphatic rings. The van der Waals surface area contributed by atoms with E-state index in [1.165, 1.54) is 0 Å². The molecule has 2 unspecified atom stereocenters. The molecule has 2 atom stereocenters. The molecule has 1 fully saturated rings. The molecule has 0 saturated carbocycles. The summed E-state index contributed by atoms with van der Waals surface area (Å²) in [6.45, 7) is 4.71.